The van der Waals surface area contributed by atoms with Gasteiger partial charge >= 0.3 is 0 Å². The van der Waals surface area contributed by atoms with E-state index in [1.165, 1.54) is 48.2 Å². The smallest absolute Gasteiger partial charge is 0.282 e. The molecule has 2 aromatic heterocycles. The molecule has 1 fully saturated rings. The van der Waals surface area contributed by atoms with Gasteiger partial charge in [-0.2, -0.15) is 9.78 Å². The SMILES string of the molecule is CCCCc1nc2ccc(Br)cc2c(=O)n1N=Cc1cc(C)n(C2CCCCC2)c1C. The van der Waals surface area contributed by atoms with Gasteiger partial charge in [0.05, 0.1) is 17.1 Å². The summed E-state index contributed by atoms with van der Waals surface area (Å²) in [6.45, 7) is 6.48. The predicted molar refractivity (Wildman–Crippen MR) is 131 cm³/mol. The van der Waals surface area contributed by atoms with E-state index in [-0.39, 0.29) is 5.56 Å². The van der Waals surface area contributed by atoms with Crippen LogP contribution in [0.4, 0.5) is 0 Å². The third-order valence-electron chi connectivity index (χ3n) is 6.40. The van der Waals surface area contributed by atoms with Crippen molar-refractivity contribution in [2.45, 2.75) is 78.2 Å². The molecule has 1 saturated carbocycles. The van der Waals surface area contributed by atoms with Gasteiger partial charge in [0, 0.05) is 33.9 Å². The lowest BCUT2D eigenvalue weighted by Crippen LogP contribution is -2.22. The maximum Gasteiger partial charge on any atom is 0.282 e. The van der Waals surface area contributed by atoms with Crippen LogP contribution in [-0.4, -0.2) is 20.4 Å². The first-order valence-corrected chi connectivity index (χ1v) is 12.2. The monoisotopic (exact) mass is 482 g/mol. The van der Waals surface area contributed by atoms with Gasteiger partial charge in [-0.15, -0.1) is 0 Å². The quantitative estimate of drug-likeness (QED) is 0.386. The molecule has 0 spiro atoms. The van der Waals surface area contributed by atoms with Gasteiger partial charge < -0.3 is 4.57 Å². The normalized spacial score (nSPS) is 15.4. The minimum Gasteiger partial charge on any atom is -0.345 e. The maximum atomic E-state index is 13.3. The van der Waals surface area contributed by atoms with Crippen molar-refractivity contribution in [2.75, 3.05) is 0 Å². The molecule has 5 nitrogen and oxygen atoms in total. The molecular weight excluding hydrogens is 452 g/mol. The minimum atomic E-state index is -0.116. The minimum absolute atomic E-state index is 0.116. The number of hydrogen-bond donors (Lipinski definition) is 0. The summed E-state index contributed by atoms with van der Waals surface area (Å²) in [7, 11) is 0. The Kier molecular flexibility index (Phi) is 6.75. The molecule has 0 unspecified atom stereocenters. The largest absolute Gasteiger partial charge is 0.345 e. The average molecular weight is 483 g/mol. The molecule has 164 valence electrons. The summed E-state index contributed by atoms with van der Waals surface area (Å²) in [6.07, 6.45) is 11.0. The second-order valence-electron chi connectivity index (χ2n) is 8.64. The average Bonchev–Trinajstić information content (AvgIpc) is 3.05. The van der Waals surface area contributed by atoms with Crippen LogP contribution in [0.15, 0.2) is 38.6 Å². The van der Waals surface area contributed by atoms with Crippen molar-refractivity contribution < 1.29 is 0 Å². The number of hydrogen-bond acceptors (Lipinski definition) is 3. The molecule has 0 N–H and O–H groups in total. The van der Waals surface area contributed by atoms with E-state index in [4.69, 9.17) is 4.98 Å². The van der Waals surface area contributed by atoms with Crippen molar-refractivity contribution in [3.63, 3.8) is 0 Å². The van der Waals surface area contributed by atoms with Crippen molar-refractivity contribution in [3.8, 4) is 0 Å². The summed E-state index contributed by atoms with van der Waals surface area (Å²) in [6, 6.07) is 8.41. The van der Waals surface area contributed by atoms with Crippen molar-refractivity contribution >= 4 is 33.0 Å². The predicted octanol–water partition coefficient (Wildman–Crippen LogP) is 6.31. The summed E-state index contributed by atoms with van der Waals surface area (Å²) >= 11 is 3.47. The number of fused-ring (bicyclic) bond motifs is 1. The van der Waals surface area contributed by atoms with E-state index < -0.39 is 0 Å². The Bertz CT molecular complexity index is 1170. The summed E-state index contributed by atoms with van der Waals surface area (Å²) in [5, 5.41) is 5.24. The molecule has 2 heterocycles. The first-order chi connectivity index (χ1) is 15.0. The van der Waals surface area contributed by atoms with Gasteiger partial charge in [-0.1, -0.05) is 48.5 Å². The zero-order valence-corrected chi connectivity index (χ0v) is 20.3. The Morgan fingerprint density at radius 3 is 2.71 bits per heavy atom. The molecule has 6 heteroatoms. The molecule has 31 heavy (non-hydrogen) atoms. The second-order valence-corrected chi connectivity index (χ2v) is 9.56. The van der Waals surface area contributed by atoms with Gasteiger partial charge in [-0.05, 0) is 57.4 Å². The van der Waals surface area contributed by atoms with Gasteiger partial charge in [0.1, 0.15) is 5.82 Å². The Morgan fingerprint density at radius 2 is 1.97 bits per heavy atom. The van der Waals surface area contributed by atoms with E-state index >= 15 is 0 Å². The molecule has 1 aliphatic carbocycles. The number of halogens is 1. The molecule has 1 aliphatic rings. The van der Waals surface area contributed by atoms with Crippen molar-refractivity contribution in [1.82, 2.24) is 14.2 Å². The van der Waals surface area contributed by atoms with E-state index in [1.807, 2.05) is 24.4 Å². The molecule has 0 amide bonds. The van der Waals surface area contributed by atoms with Gasteiger partial charge in [0.15, 0.2) is 0 Å². The highest BCUT2D eigenvalue weighted by molar-refractivity contribution is 9.10. The highest BCUT2D eigenvalue weighted by Gasteiger charge is 2.19. The molecule has 0 bridgehead atoms. The topological polar surface area (TPSA) is 52.2 Å². The number of rotatable bonds is 6. The van der Waals surface area contributed by atoms with Crippen molar-refractivity contribution in [2.24, 2.45) is 5.10 Å². The zero-order valence-electron chi connectivity index (χ0n) is 18.7. The first kappa shape index (κ1) is 22.0. The van der Waals surface area contributed by atoms with Gasteiger partial charge in [0.25, 0.3) is 5.56 Å². The van der Waals surface area contributed by atoms with Crippen LogP contribution >= 0.6 is 15.9 Å². The van der Waals surface area contributed by atoms with Crippen molar-refractivity contribution in [1.29, 1.82) is 0 Å². The Hall–Kier alpha value is -2.21. The van der Waals surface area contributed by atoms with Gasteiger partial charge in [-0.25, -0.2) is 4.98 Å². The van der Waals surface area contributed by atoms with Crippen LogP contribution in [0.25, 0.3) is 10.9 Å². The highest BCUT2D eigenvalue weighted by Crippen LogP contribution is 2.31. The molecule has 0 saturated heterocycles. The van der Waals surface area contributed by atoms with Crippen LogP contribution in [-0.2, 0) is 6.42 Å². The fraction of sp³-hybridized carbons (Fsp3) is 0.480. The molecule has 3 aromatic rings. The molecular formula is C25H31BrN4O. The van der Waals surface area contributed by atoms with Crippen LogP contribution in [0.2, 0.25) is 0 Å². The van der Waals surface area contributed by atoms with E-state index in [0.717, 1.165) is 40.6 Å². The summed E-state index contributed by atoms with van der Waals surface area (Å²) in [5.74, 6) is 0.721. The van der Waals surface area contributed by atoms with E-state index in [2.05, 4.69) is 52.4 Å². The van der Waals surface area contributed by atoms with E-state index in [9.17, 15) is 4.79 Å². The first-order valence-electron chi connectivity index (χ1n) is 11.4. The van der Waals surface area contributed by atoms with Crippen LogP contribution in [0.5, 0.6) is 0 Å². The number of aromatic nitrogens is 3. The zero-order chi connectivity index (χ0) is 22.0. The Morgan fingerprint density at radius 1 is 1.19 bits per heavy atom. The highest BCUT2D eigenvalue weighted by atomic mass is 79.9. The molecule has 0 radical (unpaired) electrons. The van der Waals surface area contributed by atoms with E-state index in [0.29, 0.717) is 11.4 Å². The number of aryl methyl sites for hydroxylation is 2. The van der Waals surface area contributed by atoms with Crippen LogP contribution in [0, 0.1) is 13.8 Å². The summed E-state index contributed by atoms with van der Waals surface area (Å²) in [5.41, 5.74) is 4.18. The number of nitrogens with zero attached hydrogens (tertiary/aromatic N) is 4. The lowest BCUT2D eigenvalue weighted by Gasteiger charge is -2.26. The van der Waals surface area contributed by atoms with Gasteiger partial charge in [0.2, 0.25) is 0 Å². The summed E-state index contributed by atoms with van der Waals surface area (Å²) < 4.78 is 4.83. The van der Waals surface area contributed by atoms with Crippen molar-refractivity contribution in [3.05, 3.63) is 61.9 Å². The number of benzene rings is 1. The maximum absolute atomic E-state index is 13.3. The molecule has 1 aromatic carbocycles. The van der Waals surface area contributed by atoms with Crippen LogP contribution < -0.4 is 5.56 Å². The second kappa shape index (κ2) is 9.51. The fourth-order valence-corrected chi connectivity index (χ4v) is 5.13. The molecule has 0 aliphatic heterocycles. The third kappa shape index (κ3) is 4.54. The standard InChI is InChI=1S/C25H31BrN4O/c1-4-5-11-24-28-23-13-12-20(26)15-22(23)25(31)30(24)27-16-19-14-17(2)29(18(19)3)21-9-7-6-8-10-21/h12-16,21H,4-11H2,1-3H3. The van der Waals surface area contributed by atoms with Crippen LogP contribution in [0.1, 0.15) is 80.7 Å². The van der Waals surface area contributed by atoms with Crippen LogP contribution in [0.3, 0.4) is 0 Å². The third-order valence-corrected chi connectivity index (χ3v) is 6.90. The molecule has 0 atom stereocenters. The van der Waals surface area contributed by atoms with E-state index in [1.54, 1.807) is 0 Å². The fourth-order valence-electron chi connectivity index (χ4n) is 4.76. The molecule has 4 rings (SSSR count). The summed E-state index contributed by atoms with van der Waals surface area (Å²) in [4.78, 5) is 18.0. The lowest BCUT2D eigenvalue weighted by molar-refractivity contribution is 0.346. The Balaban J connectivity index is 1.75. The number of unbranched alkanes of at least 4 members (excludes halogenated alkanes) is 1. The lowest BCUT2D eigenvalue weighted by atomic mass is 9.95. The van der Waals surface area contributed by atoms with Gasteiger partial charge in [-0.3, -0.25) is 4.79 Å². The Labute approximate surface area is 192 Å².